The van der Waals surface area contributed by atoms with Gasteiger partial charge in [0.05, 0.1) is 17.0 Å². The molecule has 2 aromatic rings. The maximum atomic E-state index is 13.8. The zero-order chi connectivity index (χ0) is 26.7. The Bertz CT molecular complexity index is 1290. The highest BCUT2D eigenvalue weighted by atomic mass is 19.3. The fourth-order valence-electron chi connectivity index (χ4n) is 5.49. The van der Waals surface area contributed by atoms with Crippen molar-refractivity contribution in [2.45, 2.75) is 76.7 Å². The number of nitriles is 1. The number of hydrogen-bond acceptors (Lipinski definition) is 4. The monoisotopic (exact) mass is 510 g/mol. The number of fused-ring (bicyclic) bond motifs is 1. The summed E-state index contributed by atoms with van der Waals surface area (Å²) in [6, 6.07) is 3.35. The van der Waals surface area contributed by atoms with Crippen LogP contribution in [0, 0.1) is 35.0 Å². The maximum Gasteiger partial charge on any atom is 0.308 e. The molecule has 196 valence electrons. The highest BCUT2D eigenvalue weighted by Gasteiger charge is 2.44. The van der Waals surface area contributed by atoms with Crippen LogP contribution in [-0.4, -0.2) is 49.9 Å². The van der Waals surface area contributed by atoms with Crippen LogP contribution < -0.4 is 0 Å². The van der Waals surface area contributed by atoms with Gasteiger partial charge in [-0.3, -0.25) is 9.59 Å². The molecule has 1 N–H and O–H groups in total. The van der Waals surface area contributed by atoms with Gasteiger partial charge in [-0.15, -0.1) is 5.92 Å². The summed E-state index contributed by atoms with van der Waals surface area (Å²) in [6.45, 7) is 2.14. The van der Waals surface area contributed by atoms with Crippen LogP contribution in [0.25, 0.3) is 11.0 Å². The Morgan fingerprint density at radius 3 is 2.62 bits per heavy atom. The fraction of sp³-hybridized carbons (Fsp3) is 0.571. The van der Waals surface area contributed by atoms with Gasteiger partial charge in [-0.1, -0.05) is 18.8 Å². The van der Waals surface area contributed by atoms with Gasteiger partial charge in [-0.25, -0.2) is 13.8 Å². The number of rotatable bonds is 8. The van der Waals surface area contributed by atoms with Crippen LogP contribution in [0.15, 0.2) is 12.3 Å². The summed E-state index contributed by atoms with van der Waals surface area (Å²) in [5.74, 6) is 1.56. The third-order valence-electron chi connectivity index (χ3n) is 7.68. The van der Waals surface area contributed by atoms with E-state index in [2.05, 4.69) is 22.9 Å². The van der Waals surface area contributed by atoms with Gasteiger partial charge >= 0.3 is 5.97 Å². The second-order valence-corrected chi connectivity index (χ2v) is 10.3. The number of hydrogen-bond donors (Lipinski definition) is 1. The molecule has 7 nitrogen and oxygen atoms in total. The highest BCUT2D eigenvalue weighted by Crippen LogP contribution is 2.41. The van der Waals surface area contributed by atoms with Crippen molar-refractivity contribution in [3.05, 3.63) is 29.1 Å². The van der Waals surface area contributed by atoms with Gasteiger partial charge in [0.15, 0.2) is 0 Å². The molecule has 1 saturated heterocycles. The van der Waals surface area contributed by atoms with E-state index >= 15 is 0 Å². The van der Waals surface area contributed by atoms with Gasteiger partial charge in [0.1, 0.15) is 11.7 Å². The molecule has 1 aliphatic heterocycles. The van der Waals surface area contributed by atoms with Crippen molar-refractivity contribution >= 4 is 22.9 Å². The van der Waals surface area contributed by atoms with Gasteiger partial charge in [-0.2, -0.15) is 5.26 Å². The topological polar surface area (TPSA) is 99.2 Å². The van der Waals surface area contributed by atoms with E-state index in [1.54, 1.807) is 17.9 Å². The number of amides is 1. The lowest BCUT2D eigenvalue weighted by molar-refractivity contribution is -0.142. The predicted molar refractivity (Wildman–Crippen MR) is 134 cm³/mol. The van der Waals surface area contributed by atoms with Crippen LogP contribution in [0.2, 0.25) is 0 Å². The second-order valence-electron chi connectivity index (χ2n) is 10.3. The number of alkyl halides is 2. The van der Waals surface area contributed by atoms with Crippen LogP contribution >= 0.6 is 0 Å². The lowest BCUT2D eigenvalue weighted by atomic mass is 9.82. The number of pyridine rings is 1. The van der Waals surface area contributed by atoms with Crippen molar-refractivity contribution in [1.29, 1.82) is 5.26 Å². The molecule has 3 heterocycles. The third-order valence-corrected chi connectivity index (χ3v) is 7.68. The van der Waals surface area contributed by atoms with Crippen molar-refractivity contribution in [2.75, 3.05) is 6.54 Å². The molecule has 2 aromatic heterocycles. The van der Waals surface area contributed by atoms with Gasteiger partial charge in [0.2, 0.25) is 0 Å². The summed E-state index contributed by atoms with van der Waals surface area (Å²) < 4.78 is 27.7. The Morgan fingerprint density at radius 2 is 1.97 bits per heavy atom. The van der Waals surface area contributed by atoms with E-state index in [1.165, 1.54) is 6.20 Å². The fourth-order valence-corrected chi connectivity index (χ4v) is 5.49. The van der Waals surface area contributed by atoms with Crippen molar-refractivity contribution < 1.29 is 23.5 Å². The van der Waals surface area contributed by atoms with E-state index in [1.807, 2.05) is 11.6 Å². The average Bonchev–Trinajstić information content (AvgIpc) is 3.36. The number of unbranched alkanes of at least 4 members (excludes halogenated alkanes) is 4. The van der Waals surface area contributed by atoms with Crippen molar-refractivity contribution in [1.82, 2.24) is 14.5 Å². The summed E-state index contributed by atoms with van der Waals surface area (Å²) in [7, 11) is 1.86. The minimum absolute atomic E-state index is 0.121. The number of aliphatic carboxylic acids is 1. The molecule has 1 saturated carbocycles. The second kappa shape index (κ2) is 10.9. The van der Waals surface area contributed by atoms with E-state index in [4.69, 9.17) is 0 Å². The number of nitrogens with zero attached hydrogens (tertiary/aromatic N) is 4. The molecule has 2 aliphatic rings. The first-order chi connectivity index (χ1) is 17.6. The van der Waals surface area contributed by atoms with Crippen LogP contribution in [-0.2, 0) is 18.3 Å². The van der Waals surface area contributed by atoms with Crippen molar-refractivity contribution in [2.24, 2.45) is 18.9 Å². The maximum absolute atomic E-state index is 13.8. The largest absolute Gasteiger partial charge is 0.481 e. The van der Waals surface area contributed by atoms with Crippen LogP contribution in [0.3, 0.4) is 0 Å². The van der Waals surface area contributed by atoms with Gasteiger partial charge in [0.25, 0.3) is 11.8 Å². The average molecular weight is 511 g/mol. The van der Waals surface area contributed by atoms with E-state index in [0.29, 0.717) is 48.0 Å². The van der Waals surface area contributed by atoms with Crippen molar-refractivity contribution in [3.63, 3.8) is 0 Å². The van der Waals surface area contributed by atoms with Gasteiger partial charge in [0, 0.05) is 62.1 Å². The van der Waals surface area contributed by atoms with Crippen LogP contribution in [0.4, 0.5) is 8.78 Å². The molecule has 4 rings (SSSR count). The van der Waals surface area contributed by atoms with Gasteiger partial charge in [-0.05, 0) is 38.7 Å². The quantitative estimate of drug-likeness (QED) is 0.401. The molecule has 9 heteroatoms. The first kappa shape index (κ1) is 26.6. The first-order valence-corrected chi connectivity index (χ1v) is 12.9. The summed E-state index contributed by atoms with van der Waals surface area (Å²) in [4.78, 5) is 31.4. The smallest absolute Gasteiger partial charge is 0.308 e. The highest BCUT2D eigenvalue weighted by molar-refractivity contribution is 6.08. The molecule has 0 unspecified atom stereocenters. The Hall–Kier alpha value is -3.46. The number of carbonyl (C=O) groups excluding carboxylic acids is 1. The molecule has 37 heavy (non-hydrogen) atoms. The number of aromatic nitrogens is 2. The molecular formula is C28H32F2N4O3. The zero-order valence-corrected chi connectivity index (χ0v) is 21.3. The summed E-state index contributed by atoms with van der Waals surface area (Å²) in [5, 5.41) is 19.5. The summed E-state index contributed by atoms with van der Waals surface area (Å²) in [5.41, 5.74) is 2.32. The third kappa shape index (κ3) is 5.61. The molecule has 0 radical (unpaired) electrons. The minimum atomic E-state index is -2.53. The number of carbonyl (C=O) groups is 2. The number of aryl methyl sites for hydroxylation is 1. The lowest BCUT2D eigenvalue weighted by Gasteiger charge is -2.31. The lowest BCUT2D eigenvalue weighted by Crippen LogP contribution is -2.38. The number of carboxylic acids is 1. The molecule has 0 spiro atoms. The Morgan fingerprint density at radius 1 is 1.24 bits per heavy atom. The molecule has 2 fully saturated rings. The summed E-state index contributed by atoms with van der Waals surface area (Å²) >= 11 is 0. The number of carboxylic acid groups (broad SMARTS) is 1. The summed E-state index contributed by atoms with van der Waals surface area (Å²) in [6.07, 6.45) is 6.60. The Labute approximate surface area is 215 Å². The van der Waals surface area contributed by atoms with Gasteiger partial charge < -0.3 is 14.6 Å². The molecule has 1 amide bonds. The zero-order valence-electron chi connectivity index (χ0n) is 21.3. The number of likely N-dealkylation sites (tertiary alicyclic amines) is 1. The van der Waals surface area contributed by atoms with E-state index in [9.17, 15) is 28.7 Å². The van der Waals surface area contributed by atoms with E-state index < -0.39 is 23.9 Å². The normalized spacial score (nSPS) is 20.8. The van der Waals surface area contributed by atoms with Crippen LogP contribution in [0.1, 0.15) is 79.9 Å². The molecule has 1 aliphatic carbocycles. The Kier molecular flexibility index (Phi) is 7.82. The van der Waals surface area contributed by atoms with E-state index in [0.717, 1.165) is 31.4 Å². The standard InChI is InChI=1S/C28H32F2N4O3/c1-18-21(27(36)37)11-12-34(18)26(35)24-22-13-20(16-31)17-32-25(22)33(2)23(24)10-8-6-4-3-5-7-9-19-14-28(29,30)15-19/h13,17-19,21H,3-6,8,10-12,14-15H2,1-2H3,(H,36,37)/t18-,21+/m1/s1. The predicted octanol–water partition coefficient (Wildman–Crippen LogP) is 4.92. The molecule has 2 atom stereocenters. The first-order valence-electron chi connectivity index (χ1n) is 12.9. The molecule has 0 bridgehead atoms. The van der Waals surface area contributed by atoms with Crippen molar-refractivity contribution in [3.8, 4) is 17.9 Å². The van der Waals surface area contributed by atoms with Crippen LogP contribution in [0.5, 0.6) is 0 Å². The van der Waals surface area contributed by atoms with E-state index in [-0.39, 0.29) is 24.7 Å². The molecule has 0 aromatic carbocycles. The Balaban J connectivity index is 1.43. The minimum Gasteiger partial charge on any atom is -0.481 e. The molecular weight excluding hydrogens is 478 g/mol. The SMILES string of the molecule is C[C@@H]1[C@@H](C(=O)O)CCN1C(=O)c1c(CCCCCCC#CC2CC(F)(F)C2)n(C)c2ncc(C#N)cc12. The number of halogens is 2.